The number of nitrogens with one attached hydrogen (secondary N) is 1. The minimum atomic E-state index is -0.370. The first-order valence-electron chi connectivity index (χ1n) is 8.98. The van der Waals surface area contributed by atoms with Gasteiger partial charge in [0, 0.05) is 13.1 Å². The molecular weight excluding hydrogens is 330 g/mol. The van der Waals surface area contributed by atoms with Crippen LogP contribution in [-0.2, 0) is 0 Å². The van der Waals surface area contributed by atoms with E-state index in [1.54, 1.807) is 35.2 Å². The summed E-state index contributed by atoms with van der Waals surface area (Å²) in [5, 5.41) is 2.81. The van der Waals surface area contributed by atoms with Gasteiger partial charge in [-0.2, -0.15) is 0 Å². The van der Waals surface area contributed by atoms with Crippen LogP contribution in [0.4, 0.5) is 5.69 Å². The highest BCUT2D eigenvalue weighted by molar-refractivity contribution is 6.04. The molecule has 0 saturated carbocycles. The maximum absolute atomic E-state index is 12.6. The summed E-state index contributed by atoms with van der Waals surface area (Å²) in [6, 6.07) is 12.2. The van der Waals surface area contributed by atoms with Crippen LogP contribution in [0.15, 0.2) is 42.5 Å². The Bertz CT molecular complexity index is 785. The number of anilines is 1. The number of carbonyl (C=O) groups is 2. The molecule has 2 amide bonds. The molecule has 0 radical (unpaired) electrons. The lowest BCUT2D eigenvalue weighted by Gasteiger charge is -2.26. The molecule has 0 spiro atoms. The molecule has 1 fully saturated rings. The predicted octanol–water partition coefficient (Wildman–Crippen LogP) is 3.36. The first kappa shape index (κ1) is 17.9. The number of ether oxygens (including phenoxy) is 1. The third-order valence-corrected chi connectivity index (χ3v) is 4.28. The Labute approximate surface area is 153 Å². The Hall–Kier alpha value is -2.89. The molecule has 0 unspecified atom stereocenters. The largest absolute Gasteiger partial charge is 0.492 e. The lowest BCUT2D eigenvalue weighted by Crippen LogP contribution is -2.36. The molecule has 1 aromatic carbocycles. The zero-order valence-corrected chi connectivity index (χ0v) is 14.9. The van der Waals surface area contributed by atoms with E-state index in [4.69, 9.17) is 4.74 Å². The van der Waals surface area contributed by atoms with E-state index in [2.05, 4.69) is 10.3 Å². The maximum Gasteiger partial charge on any atom is 0.274 e. The molecule has 1 saturated heterocycles. The number of amides is 2. The molecule has 0 atom stereocenters. The van der Waals surface area contributed by atoms with E-state index in [9.17, 15) is 9.59 Å². The van der Waals surface area contributed by atoms with Crippen LogP contribution in [0, 0.1) is 0 Å². The second-order valence-electron chi connectivity index (χ2n) is 6.14. The van der Waals surface area contributed by atoms with Crippen molar-refractivity contribution in [2.24, 2.45) is 0 Å². The van der Waals surface area contributed by atoms with E-state index >= 15 is 0 Å². The van der Waals surface area contributed by atoms with Crippen molar-refractivity contribution in [2.45, 2.75) is 26.2 Å². The molecule has 2 heterocycles. The van der Waals surface area contributed by atoms with Gasteiger partial charge < -0.3 is 15.0 Å². The number of carbonyl (C=O) groups excluding carboxylic acids is 2. The average Bonchev–Trinajstić information content (AvgIpc) is 2.70. The predicted molar refractivity (Wildman–Crippen MR) is 99.6 cm³/mol. The van der Waals surface area contributed by atoms with E-state index in [0.717, 1.165) is 32.4 Å². The molecule has 26 heavy (non-hydrogen) atoms. The van der Waals surface area contributed by atoms with Crippen molar-refractivity contribution < 1.29 is 14.3 Å². The summed E-state index contributed by atoms with van der Waals surface area (Å²) < 4.78 is 5.52. The third kappa shape index (κ3) is 4.20. The van der Waals surface area contributed by atoms with Crippen LogP contribution >= 0.6 is 0 Å². The zero-order valence-electron chi connectivity index (χ0n) is 14.9. The summed E-state index contributed by atoms with van der Waals surface area (Å²) in [5.41, 5.74) is 1.09. The van der Waals surface area contributed by atoms with Gasteiger partial charge in [-0.1, -0.05) is 18.2 Å². The fourth-order valence-corrected chi connectivity index (χ4v) is 2.98. The van der Waals surface area contributed by atoms with Crippen LogP contribution in [0.25, 0.3) is 0 Å². The van der Waals surface area contributed by atoms with Gasteiger partial charge in [-0.05, 0) is 50.5 Å². The molecule has 2 aromatic rings. The van der Waals surface area contributed by atoms with Gasteiger partial charge in [0.15, 0.2) is 0 Å². The monoisotopic (exact) mass is 353 g/mol. The van der Waals surface area contributed by atoms with E-state index in [1.807, 2.05) is 19.1 Å². The van der Waals surface area contributed by atoms with Crippen molar-refractivity contribution in [2.75, 3.05) is 25.0 Å². The number of para-hydroxylation sites is 2. The Kier molecular flexibility index (Phi) is 5.84. The number of benzene rings is 1. The highest BCUT2D eigenvalue weighted by Crippen LogP contribution is 2.24. The lowest BCUT2D eigenvalue weighted by molar-refractivity contribution is 0.0718. The van der Waals surface area contributed by atoms with E-state index in [0.29, 0.717) is 23.7 Å². The van der Waals surface area contributed by atoms with Crippen LogP contribution < -0.4 is 10.1 Å². The SMILES string of the molecule is CCOc1ccccc1NC(=O)c1cccc(C(=O)N2CCCCC2)n1. The van der Waals surface area contributed by atoms with Gasteiger partial charge in [-0.25, -0.2) is 4.98 Å². The van der Waals surface area contributed by atoms with Crippen LogP contribution in [0.3, 0.4) is 0 Å². The smallest absolute Gasteiger partial charge is 0.274 e. The van der Waals surface area contributed by atoms with E-state index < -0.39 is 0 Å². The summed E-state index contributed by atoms with van der Waals surface area (Å²) in [7, 11) is 0. The Morgan fingerprint density at radius 1 is 1.04 bits per heavy atom. The number of hydrogen-bond donors (Lipinski definition) is 1. The molecule has 1 aliphatic rings. The highest BCUT2D eigenvalue weighted by atomic mass is 16.5. The Morgan fingerprint density at radius 3 is 2.54 bits per heavy atom. The minimum absolute atomic E-state index is 0.117. The van der Waals surface area contributed by atoms with Gasteiger partial charge in [0.1, 0.15) is 17.1 Å². The molecule has 3 rings (SSSR count). The van der Waals surface area contributed by atoms with Crippen molar-refractivity contribution in [3.8, 4) is 5.75 Å². The third-order valence-electron chi connectivity index (χ3n) is 4.28. The number of nitrogens with zero attached hydrogens (tertiary/aromatic N) is 2. The topological polar surface area (TPSA) is 71.5 Å². The first-order valence-corrected chi connectivity index (χ1v) is 8.98. The summed E-state index contributed by atoms with van der Waals surface area (Å²) in [4.78, 5) is 31.2. The number of hydrogen-bond acceptors (Lipinski definition) is 4. The molecular formula is C20H23N3O3. The first-order chi connectivity index (χ1) is 12.7. The van der Waals surface area contributed by atoms with Crippen molar-refractivity contribution in [1.82, 2.24) is 9.88 Å². The molecule has 136 valence electrons. The van der Waals surface area contributed by atoms with Crippen molar-refractivity contribution in [1.29, 1.82) is 0 Å². The molecule has 1 N–H and O–H groups in total. The lowest BCUT2D eigenvalue weighted by atomic mass is 10.1. The Morgan fingerprint density at radius 2 is 1.77 bits per heavy atom. The van der Waals surface area contributed by atoms with Gasteiger partial charge in [0.25, 0.3) is 11.8 Å². The van der Waals surface area contributed by atoms with Crippen LogP contribution in [0.5, 0.6) is 5.75 Å². The highest BCUT2D eigenvalue weighted by Gasteiger charge is 2.20. The maximum atomic E-state index is 12.6. The second kappa shape index (κ2) is 8.47. The molecule has 1 aliphatic heterocycles. The summed E-state index contributed by atoms with van der Waals surface area (Å²) in [6.45, 7) is 3.89. The van der Waals surface area contributed by atoms with Gasteiger partial charge in [0.05, 0.1) is 12.3 Å². The zero-order chi connectivity index (χ0) is 18.4. The van der Waals surface area contributed by atoms with Gasteiger partial charge in [-0.15, -0.1) is 0 Å². The number of rotatable bonds is 5. The van der Waals surface area contributed by atoms with Crippen molar-refractivity contribution in [3.63, 3.8) is 0 Å². The number of piperidine rings is 1. The quantitative estimate of drug-likeness (QED) is 0.895. The fourth-order valence-electron chi connectivity index (χ4n) is 2.98. The fraction of sp³-hybridized carbons (Fsp3) is 0.350. The number of aromatic nitrogens is 1. The molecule has 0 aliphatic carbocycles. The standard InChI is InChI=1S/C20H23N3O3/c1-2-26-18-12-5-4-9-15(18)22-19(24)16-10-8-11-17(21-16)20(25)23-13-6-3-7-14-23/h4-5,8-12H,2-3,6-7,13-14H2,1H3,(H,22,24). The van der Waals surface area contributed by atoms with E-state index in [1.165, 1.54) is 0 Å². The van der Waals surface area contributed by atoms with E-state index in [-0.39, 0.29) is 17.5 Å². The van der Waals surface area contributed by atoms with Gasteiger partial charge >= 0.3 is 0 Å². The van der Waals surface area contributed by atoms with Gasteiger partial charge in [0.2, 0.25) is 0 Å². The van der Waals surface area contributed by atoms with Crippen molar-refractivity contribution in [3.05, 3.63) is 53.9 Å². The molecule has 6 nitrogen and oxygen atoms in total. The van der Waals surface area contributed by atoms with Crippen LogP contribution in [0.2, 0.25) is 0 Å². The number of pyridine rings is 1. The summed E-state index contributed by atoms with van der Waals surface area (Å²) >= 11 is 0. The normalized spacial score (nSPS) is 14.0. The molecule has 0 bridgehead atoms. The molecule has 1 aromatic heterocycles. The number of likely N-dealkylation sites (tertiary alicyclic amines) is 1. The molecule has 6 heteroatoms. The average molecular weight is 353 g/mol. The minimum Gasteiger partial charge on any atom is -0.492 e. The Balaban J connectivity index is 1.75. The van der Waals surface area contributed by atoms with Crippen molar-refractivity contribution >= 4 is 17.5 Å². The van der Waals surface area contributed by atoms with Crippen LogP contribution in [-0.4, -0.2) is 41.4 Å². The summed E-state index contributed by atoms with van der Waals surface area (Å²) in [6.07, 6.45) is 3.18. The summed E-state index contributed by atoms with van der Waals surface area (Å²) in [5.74, 6) is 0.114. The second-order valence-corrected chi connectivity index (χ2v) is 6.14. The van der Waals surface area contributed by atoms with Gasteiger partial charge in [-0.3, -0.25) is 9.59 Å². The van der Waals surface area contributed by atoms with Crippen LogP contribution in [0.1, 0.15) is 47.2 Å².